The number of phenolic OH excluding ortho intramolecular Hbond substituents is 12. The van der Waals surface area contributed by atoms with Crippen LogP contribution in [0.5, 0.6) is 69.0 Å². The molecule has 8 bridgehead atoms. The number of nitrogens with zero attached hydrogens (tertiary/aromatic N) is 2. The Labute approximate surface area is 369 Å². The van der Waals surface area contributed by atoms with Crippen molar-refractivity contribution >= 4 is 80.3 Å². The Morgan fingerprint density at radius 3 is 0.645 bits per heavy atom. The van der Waals surface area contributed by atoms with Crippen molar-refractivity contribution in [3.8, 4) is 114 Å². The van der Waals surface area contributed by atoms with Gasteiger partial charge in [0.2, 0.25) is 0 Å². The number of rotatable bonds is 4. The predicted molar refractivity (Wildman–Crippen MR) is 241 cm³/mol. The zero-order valence-electron chi connectivity index (χ0n) is 31.3. The SMILES string of the molecule is Br.Br.Oc1cc(-c2c3nc(c(-c4cc(O)c(O)c(O)c4)c4ccc([nH]4)c(-c4cc(O)c(O)c(O)c4)c4nc(c(-c5cc(O)c(O)c(O)c5)c5ccc2[nH]5)C=C4)C=C3)cc(O)c1O. The number of fused-ring (bicyclic) bond motifs is 8. The van der Waals surface area contributed by atoms with Gasteiger partial charge < -0.3 is 71.2 Å². The predicted octanol–water partition coefficient (Wildman–Crippen LogP) is 8.95. The summed E-state index contributed by atoms with van der Waals surface area (Å²) in [5.41, 5.74) is 4.34. The summed E-state index contributed by atoms with van der Waals surface area (Å²) in [7, 11) is 0. The topological polar surface area (TPSA) is 300 Å². The van der Waals surface area contributed by atoms with Gasteiger partial charge in [0.25, 0.3) is 0 Å². The zero-order valence-corrected chi connectivity index (χ0v) is 34.7. The minimum absolute atomic E-state index is 0. The van der Waals surface area contributed by atoms with Gasteiger partial charge >= 0.3 is 0 Å². The molecule has 7 aromatic rings. The number of hydrogen-bond donors (Lipinski definition) is 14. The molecule has 0 aliphatic carbocycles. The first kappa shape index (κ1) is 42.2. The zero-order chi connectivity index (χ0) is 42.3. The fourth-order valence-electron chi connectivity index (χ4n) is 7.41. The Bertz CT molecular complexity index is 2750. The molecular formula is C44H32Br2N4O12. The molecule has 16 nitrogen and oxygen atoms in total. The monoisotopic (exact) mass is 966 g/mol. The quantitative estimate of drug-likeness (QED) is 0.0733. The van der Waals surface area contributed by atoms with E-state index in [2.05, 4.69) is 9.97 Å². The smallest absolute Gasteiger partial charge is 0.200 e. The number of phenols is 12. The molecule has 0 fully saturated rings. The summed E-state index contributed by atoms with van der Waals surface area (Å²) in [6.45, 7) is 0. The molecule has 5 heterocycles. The van der Waals surface area contributed by atoms with E-state index in [1.165, 1.54) is 48.5 Å². The molecule has 0 unspecified atom stereocenters. The molecule has 0 saturated carbocycles. The molecule has 2 aliphatic heterocycles. The van der Waals surface area contributed by atoms with E-state index >= 15 is 0 Å². The van der Waals surface area contributed by atoms with Crippen LogP contribution < -0.4 is 0 Å². The largest absolute Gasteiger partial charge is 0.504 e. The highest BCUT2D eigenvalue weighted by atomic mass is 79.9. The molecule has 0 spiro atoms. The van der Waals surface area contributed by atoms with Gasteiger partial charge in [-0.1, -0.05) is 0 Å². The molecule has 9 rings (SSSR count). The molecule has 2 aliphatic rings. The van der Waals surface area contributed by atoms with Gasteiger partial charge in [-0.25, -0.2) is 9.97 Å². The molecular weight excluding hydrogens is 936 g/mol. The summed E-state index contributed by atoms with van der Waals surface area (Å²) in [4.78, 5) is 16.5. The van der Waals surface area contributed by atoms with Crippen LogP contribution in [0.25, 0.3) is 90.9 Å². The number of benzene rings is 4. The minimum atomic E-state index is -0.754. The van der Waals surface area contributed by atoms with E-state index in [-0.39, 0.29) is 79.0 Å². The average molecular weight is 969 g/mol. The van der Waals surface area contributed by atoms with E-state index < -0.39 is 69.0 Å². The molecule has 0 radical (unpaired) electrons. The lowest BCUT2D eigenvalue weighted by Crippen LogP contribution is -1.90. The minimum Gasteiger partial charge on any atom is -0.504 e. The fourth-order valence-corrected chi connectivity index (χ4v) is 7.41. The molecule has 0 saturated heterocycles. The van der Waals surface area contributed by atoms with Crippen LogP contribution >= 0.6 is 34.0 Å². The third-order valence-corrected chi connectivity index (χ3v) is 10.2. The van der Waals surface area contributed by atoms with Gasteiger partial charge in [0.05, 0.1) is 22.8 Å². The van der Waals surface area contributed by atoms with Gasteiger partial charge in [-0.15, -0.1) is 34.0 Å². The van der Waals surface area contributed by atoms with Crippen molar-refractivity contribution in [2.24, 2.45) is 0 Å². The van der Waals surface area contributed by atoms with E-state index in [4.69, 9.17) is 9.97 Å². The van der Waals surface area contributed by atoms with Crippen LogP contribution in [-0.4, -0.2) is 81.2 Å². The lowest BCUT2D eigenvalue weighted by Gasteiger charge is -2.10. The summed E-state index contributed by atoms with van der Waals surface area (Å²) in [6.07, 6.45) is 6.50. The van der Waals surface area contributed by atoms with Gasteiger partial charge in [0, 0.05) is 44.3 Å². The Balaban J connectivity index is 0.00000289. The normalized spacial score (nSPS) is 11.6. The Morgan fingerprint density at radius 2 is 0.468 bits per heavy atom. The number of aromatic hydroxyl groups is 12. The number of halogens is 2. The lowest BCUT2D eigenvalue weighted by atomic mass is 10.0. The van der Waals surface area contributed by atoms with Crippen LogP contribution in [0.2, 0.25) is 0 Å². The lowest BCUT2D eigenvalue weighted by molar-refractivity contribution is 0.368. The third-order valence-electron chi connectivity index (χ3n) is 10.2. The van der Waals surface area contributed by atoms with Crippen LogP contribution in [0.15, 0.2) is 72.8 Å². The van der Waals surface area contributed by atoms with E-state index in [1.54, 1.807) is 48.6 Å². The van der Waals surface area contributed by atoms with Crippen LogP contribution in [0, 0.1) is 0 Å². The Morgan fingerprint density at radius 1 is 0.290 bits per heavy atom. The van der Waals surface area contributed by atoms with E-state index in [0.717, 1.165) is 0 Å². The average Bonchev–Trinajstić information content (AvgIpc) is 4.05. The van der Waals surface area contributed by atoms with Crippen molar-refractivity contribution in [3.63, 3.8) is 0 Å². The number of aromatic nitrogens is 4. The first-order valence-electron chi connectivity index (χ1n) is 17.8. The summed E-state index contributed by atoms with van der Waals surface area (Å²) >= 11 is 0. The van der Waals surface area contributed by atoms with Gasteiger partial charge in [0.15, 0.2) is 69.0 Å². The summed E-state index contributed by atoms with van der Waals surface area (Å²) in [6, 6.07) is 16.4. The Kier molecular flexibility index (Phi) is 10.6. The standard InChI is InChI=1S/C44H30N4O12.2BrH/c49-29-9-17(10-30(50)41(29)57)37-21-1-2-22(45-21)38(18-11-31(51)42(58)32(52)12-18)24-5-6-26(47-24)40(20-15-35(55)44(60)36(56)16-20)28-8-7-27(48-28)39(25-4-3-23(37)46-25)19-13-33(53)43(59)34(54)14-19;;/h1-16,45,48-60H;2*1H. The van der Waals surface area contributed by atoms with Crippen molar-refractivity contribution in [2.75, 3.05) is 0 Å². The van der Waals surface area contributed by atoms with Crippen LogP contribution in [0.1, 0.15) is 22.8 Å². The highest BCUT2D eigenvalue weighted by Crippen LogP contribution is 2.47. The van der Waals surface area contributed by atoms with Crippen molar-refractivity contribution in [2.45, 2.75) is 0 Å². The fraction of sp³-hybridized carbons (Fsp3) is 0. The van der Waals surface area contributed by atoms with E-state index in [9.17, 15) is 61.3 Å². The van der Waals surface area contributed by atoms with Crippen LogP contribution in [0.4, 0.5) is 0 Å². The summed E-state index contributed by atoms with van der Waals surface area (Å²) < 4.78 is 0. The number of nitrogens with one attached hydrogen (secondary N) is 2. The second-order valence-electron chi connectivity index (χ2n) is 14.0. The molecule has 0 atom stereocenters. The highest BCUT2D eigenvalue weighted by molar-refractivity contribution is 8.93. The van der Waals surface area contributed by atoms with Gasteiger partial charge in [-0.3, -0.25) is 0 Å². The summed E-state index contributed by atoms with van der Waals surface area (Å²) in [5, 5.41) is 126. The molecule has 14 N–H and O–H groups in total. The molecule has 18 heteroatoms. The van der Waals surface area contributed by atoms with Crippen molar-refractivity contribution in [3.05, 3.63) is 95.6 Å². The maximum atomic E-state index is 10.6. The molecule has 3 aromatic heterocycles. The first-order valence-corrected chi connectivity index (χ1v) is 17.8. The van der Waals surface area contributed by atoms with Crippen molar-refractivity contribution < 1.29 is 61.3 Å². The number of hydrogen-bond acceptors (Lipinski definition) is 14. The molecule has 0 amide bonds. The highest BCUT2D eigenvalue weighted by Gasteiger charge is 2.23. The molecule has 4 aromatic carbocycles. The Hall–Kier alpha value is -7.96. The van der Waals surface area contributed by atoms with E-state index in [0.29, 0.717) is 44.3 Å². The van der Waals surface area contributed by atoms with Crippen molar-refractivity contribution in [1.82, 2.24) is 19.9 Å². The second-order valence-corrected chi connectivity index (χ2v) is 14.0. The maximum absolute atomic E-state index is 10.6. The first-order chi connectivity index (χ1) is 28.7. The maximum Gasteiger partial charge on any atom is 0.200 e. The van der Waals surface area contributed by atoms with Gasteiger partial charge in [-0.05, 0) is 119 Å². The number of aromatic amines is 2. The molecule has 314 valence electrons. The van der Waals surface area contributed by atoms with Crippen molar-refractivity contribution in [1.29, 1.82) is 0 Å². The van der Waals surface area contributed by atoms with Gasteiger partial charge in [0.1, 0.15) is 0 Å². The van der Waals surface area contributed by atoms with Gasteiger partial charge in [-0.2, -0.15) is 0 Å². The second kappa shape index (κ2) is 15.6. The van der Waals surface area contributed by atoms with Crippen LogP contribution in [-0.2, 0) is 0 Å². The van der Waals surface area contributed by atoms with Crippen LogP contribution in [0.3, 0.4) is 0 Å². The molecule has 62 heavy (non-hydrogen) atoms. The number of H-pyrrole nitrogens is 2. The summed E-state index contributed by atoms with van der Waals surface area (Å²) in [5.74, 6) is -8.11. The third kappa shape index (κ3) is 6.91. The van der Waals surface area contributed by atoms with E-state index in [1.807, 2.05) is 0 Å².